The van der Waals surface area contributed by atoms with Crippen molar-refractivity contribution in [3.63, 3.8) is 0 Å². The number of amides is 1. The lowest BCUT2D eigenvalue weighted by atomic mass is 10.1. The number of benzene rings is 1. The molecule has 0 aliphatic carbocycles. The van der Waals surface area contributed by atoms with Crippen molar-refractivity contribution >= 4 is 17.5 Å². The highest BCUT2D eigenvalue weighted by Crippen LogP contribution is 2.20. The largest absolute Gasteiger partial charge is 0.352 e. The van der Waals surface area contributed by atoms with E-state index < -0.39 is 5.82 Å². The zero-order valence-corrected chi connectivity index (χ0v) is 14.7. The van der Waals surface area contributed by atoms with Crippen LogP contribution in [0.1, 0.15) is 17.5 Å². The van der Waals surface area contributed by atoms with Gasteiger partial charge in [-0.05, 0) is 47.9 Å². The Kier molecular flexibility index (Phi) is 5.92. The molecule has 0 fully saturated rings. The monoisotopic (exact) mass is 369 g/mol. The highest BCUT2D eigenvalue weighted by atomic mass is 35.5. The Labute approximate surface area is 156 Å². The number of hydrogen-bond donors (Lipinski definition) is 1. The average molecular weight is 370 g/mol. The van der Waals surface area contributed by atoms with Crippen LogP contribution in [-0.2, 0) is 17.8 Å². The van der Waals surface area contributed by atoms with Gasteiger partial charge >= 0.3 is 0 Å². The zero-order valence-electron chi connectivity index (χ0n) is 14.0. The highest BCUT2D eigenvalue weighted by molar-refractivity contribution is 6.30. The Balaban J connectivity index is 1.59. The number of hydrogen-bond acceptors (Lipinski definition) is 3. The number of aryl methyl sites for hydroxylation is 1. The van der Waals surface area contributed by atoms with Gasteiger partial charge in [0.05, 0.1) is 10.7 Å². The van der Waals surface area contributed by atoms with Gasteiger partial charge in [-0.3, -0.25) is 14.8 Å². The third-order valence-electron chi connectivity index (χ3n) is 3.93. The van der Waals surface area contributed by atoms with Crippen molar-refractivity contribution in [1.82, 2.24) is 15.3 Å². The number of nitrogens with zero attached hydrogens (tertiary/aromatic N) is 2. The van der Waals surface area contributed by atoms with Crippen LogP contribution in [0.15, 0.2) is 61.1 Å². The first-order valence-electron chi connectivity index (χ1n) is 8.18. The van der Waals surface area contributed by atoms with Crippen LogP contribution < -0.4 is 5.32 Å². The molecule has 0 bridgehead atoms. The molecule has 2 heterocycles. The van der Waals surface area contributed by atoms with E-state index in [9.17, 15) is 9.18 Å². The van der Waals surface area contributed by atoms with Crippen molar-refractivity contribution < 1.29 is 9.18 Å². The second-order valence-electron chi connectivity index (χ2n) is 5.78. The molecule has 0 radical (unpaired) electrons. The first-order chi connectivity index (χ1) is 12.6. The van der Waals surface area contributed by atoms with Gasteiger partial charge in [-0.2, -0.15) is 0 Å². The Morgan fingerprint density at radius 2 is 2.00 bits per heavy atom. The SMILES string of the molecule is O=C(CCc1ccc(F)c(Cl)c1)NCc1cccnc1-c1cccnc1. The summed E-state index contributed by atoms with van der Waals surface area (Å²) in [4.78, 5) is 20.6. The van der Waals surface area contributed by atoms with Crippen LogP contribution in [0.4, 0.5) is 4.39 Å². The fourth-order valence-electron chi connectivity index (χ4n) is 2.58. The molecule has 3 rings (SSSR count). The molecular weight excluding hydrogens is 353 g/mol. The summed E-state index contributed by atoms with van der Waals surface area (Å²) in [6, 6.07) is 12.0. The molecule has 132 valence electrons. The molecule has 2 aromatic heterocycles. The second-order valence-corrected chi connectivity index (χ2v) is 6.19. The Morgan fingerprint density at radius 1 is 1.15 bits per heavy atom. The summed E-state index contributed by atoms with van der Waals surface area (Å²) in [5, 5.41) is 2.97. The third kappa shape index (κ3) is 4.64. The maximum atomic E-state index is 13.2. The van der Waals surface area contributed by atoms with Crippen LogP contribution in [0.5, 0.6) is 0 Å². The van der Waals surface area contributed by atoms with E-state index in [0.29, 0.717) is 19.4 Å². The molecule has 0 unspecified atom stereocenters. The van der Waals surface area contributed by atoms with Crippen molar-refractivity contribution in [2.24, 2.45) is 0 Å². The summed E-state index contributed by atoms with van der Waals surface area (Å²) in [5.74, 6) is -0.550. The van der Waals surface area contributed by atoms with Crippen LogP contribution in [0.25, 0.3) is 11.3 Å². The number of aromatic nitrogens is 2. The van der Waals surface area contributed by atoms with E-state index in [2.05, 4.69) is 15.3 Å². The van der Waals surface area contributed by atoms with Gasteiger partial charge in [0.2, 0.25) is 5.91 Å². The fourth-order valence-corrected chi connectivity index (χ4v) is 2.78. The first kappa shape index (κ1) is 18.0. The second kappa shape index (κ2) is 8.54. The molecule has 1 aromatic carbocycles. The molecule has 0 saturated carbocycles. The number of halogens is 2. The molecule has 1 N–H and O–H groups in total. The number of carbonyl (C=O) groups is 1. The lowest BCUT2D eigenvalue weighted by Gasteiger charge is -2.10. The normalized spacial score (nSPS) is 10.5. The molecule has 0 saturated heterocycles. The average Bonchev–Trinajstić information content (AvgIpc) is 2.68. The van der Waals surface area contributed by atoms with Crippen LogP contribution in [0.3, 0.4) is 0 Å². The van der Waals surface area contributed by atoms with Gasteiger partial charge in [-0.1, -0.05) is 23.7 Å². The number of rotatable bonds is 6. The summed E-state index contributed by atoms with van der Waals surface area (Å²) >= 11 is 5.76. The molecular formula is C20H17ClFN3O. The van der Waals surface area contributed by atoms with Gasteiger partial charge in [0, 0.05) is 37.1 Å². The summed E-state index contributed by atoms with van der Waals surface area (Å²) in [6.45, 7) is 0.376. The van der Waals surface area contributed by atoms with E-state index in [-0.39, 0.29) is 10.9 Å². The molecule has 1 amide bonds. The highest BCUT2D eigenvalue weighted by Gasteiger charge is 2.09. The van der Waals surface area contributed by atoms with Crippen molar-refractivity contribution in [2.75, 3.05) is 0 Å². The third-order valence-corrected chi connectivity index (χ3v) is 4.22. The Hall–Kier alpha value is -2.79. The minimum atomic E-state index is -0.459. The van der Waals surface area contributed by atoms with E-state index in [1.54, 1.807) is 30.7 Å². The van der Waals surface area contributed by atoms with Gasteiger partial charge in [0.15, 0.2) is 0 Å². The van der Waals surface area contributed by atoms with E-state index in [1.165, 1.54) is 6.07 Å². The van der Waals surface area contributed by atoms with E-state index in [4.69, 9.17) is 11.6 Å². The topological polar surface area (TPSA) is 54.9 Å². The number of nitrogens with one attached hydrogen (secondary N) is 1. The van der Waals surface area contributed by atoms with E-state index in [1.807, 2.05) is 24.3 Å². The minimum Gasteiger partial charge on any atom is -0.352 e. The maximum Gasteiger partial charge on any atom is 0.220 e. The quantitative estimate of drug-likeness (QED) is 0.709. The fraction of sp³-hybridized carbons (Fsp3) is 0.150. The molecule has 0 aliphatic rings. The van der Waals surface area contributed by atoms with Crippen LogP contribution in [0, 0.1) is 5.82 Å². The molecule has 3 aromatic rings. The van der Waals surface area contributed by atoms with Gasteiger partial charge in [-0.25, -0.2) is 4.39 Å². The van der Waals surface area contributed by atoms with Crippen LogP contribution in [0.2, 0.25) is 5.02 Å². The standard InChI is InChI=1S/C20H17ClFN3O/c21-17-11-14(5-7-18(17)22)6-8-19(26)25-13-16-4-2-10-24-20(16)15-3-1-9-23-12-15/h1-5,7,9-12H,6,8,13H2,(H,25,26). The molecule has 0 aliphatic heterocycles. The molecule has 0 spiro atoms. The van der Waals surface area contributed by atoms with Crippen molar-refractivity contribution in [1.29, 1.82) is 0 Å². The van der Waals surface area contributed by atoms with E-state index in [0.717, 1.165) is 22.4 Å². The van der Waals surface area contributed by atoms with Gasteiger partial charge in [-0.15, -0.1) is 0 Å². The van der Waals surface area contributed by atoms with Gasteiger partial charge < -0.3 is 5.32 Å². The molecule has 26 heavy (non-hydrogen) atoms. The summed E-state index contributed by atoms with van der Waals surface area (Å²) in [5.41, 5.74) is 3.44. The first-order valence-corrected chi connectivity index (χ1v) is 8.56. The molecule has 4 nitrogen and oxygen atoms in total. The Morgan fingerprint density at radius 3 is 2.77 bits per heavy atom. The maximum absolute atomic E-state index is 13.2. The van der Waals surface area contributed by atoms with Gasteiger partial charge in [0.25, 0.3) is 0 Å². The van der Waals surface area contributed by atoms with Gasteiger partial charge in [0.1, 0.15) is 5.82 Å². The van der Waals surface area contributed by atoms with Crippen molar-refractivity contribution in [3.05, 3.63) is 83.0 Å². The number of carbonyl (C=O) groups excluding carboxylic acids is 1. The Bertz CT molecular complexity index is 903. The van der Waals surface area contributed by atoms with Crippen LogP contribution in [-0.4, -0.2) is 15.9 Å². The predicted octanol–water partition coefficient (Wildman–Crippen LogP) is 4.19. The zero-order chi connectivity index (χ0) is 18.4. The molecule has 0 atom stereocenters. The summed E-state index contributed by atoms with van der Waals surface area (Å²) < 4.78 is 13.2. The van der Waals surface area contributed by atoms with E-state index >= 15 is 0 Å². The van der Waals surface area contributed by atoms with Crippen LogP contribution >= 0.6 is 11.6 Å². The minimum absolute atomic E-state index is 0.0689. The van der Waals surface area contributed by atoms with Crippen molar-refractivity contribution in [2.45, 2.75) is 19.4 Å². The lowest BCUT2D eigenvalue weighted by Crippen LogP contribution is -2.23. The predicted molar refractivity (Wildman–Crippen MR) is 99.0 cm³/mol. The summed E-state index contributed by atoms with van der Waals surface area (Å²) in [6.07, 6.45) is 5.95. The molecule has 6 heteroatoms. The summed E-state index contributed by atoms with van der Waals surface area (Å²) in [7, 11) is 0. The number of pyridine rings is 2. The smallest absolute Gasteiger partial charge is 0.220 e. The van der Waals surface area contributed by atoms with Crippen molar-refractivity contribution in [3.8, 4) is 11.3 Å². The lowest BCUT2D eigenvalue weighted by molar-refractivity contribution is -0.121.